The van der Waals surface area contributed by atoms with Gasteiger partial charge < -0.3 is 0 Å². The molecule has 3 aromatic carbocycles. The molecule has 1 aliphatic carbocycles. The summed E-state index contributed by atoms with van der Waals surface area (Å²) >= 11 is 1.59. The van der Waals surface area contributed by atoms with E-state index in [2.05, 4.69) is 27.9 Å². The van der Waals surface area contributed by atoms with Crippen molar-refractivity contribution in [1.29, 1.82) is 0 Å². The fraction of sp³-hybridized carbons (Fsp3) is 0.125. The van der Waals surface area contributed by atoms with E-state index in [0.717, 1.165) is 32.5 Å². The Balaban J connectivity index is 1.59. The van der Waals surface area contributed by atoms with Gasteiger partial charge in [0.05, 0.1) is 21.2 Å². The number of nitrogens with zero attached hydrogens (tertiary/aromatic N) is 1. The van der Waals surface area contributed by atoms with Gasteiger partial charge in [0, 0.05) is 6.20 Å². The van der Waals surface area contributed by atoms with Crippen molar-refractivity contribution in [3.63, 3.8) is 0 Å². The first kappa shape index (κ1) is 19.3. The van der Waals surface area contributed by atoms with Gasteiger partial charge in [0.15, 0.2) is 0 Å². The van der Waals surface area contributed by atoms with Crippen LogP contribution < -0.4 is 4.72 Å². The van der Waals surface area contributed by atoms with Crippen LogP contribution in [0.3, 0.4) is 0 Å². The minimum absolute atomic E-state index is 0.110. The number of thioether (sulfide) groups is 1. The first-order valence-electron chi connectivity index (χ1n) is 9.71. The molecule has 1 N–H and O–H groups in total. The zero-order valence-corrected chi connectivity index (χ0v) is 18.0. The van der Waals surface area contributed by atoms with E-state index in [1.54, 1.807) is 30.1 Å². The van der Waals surface area contributed by atoms with Crippen molar-refractivity contribution in [2.45, 2.75) is 28.1 Å². The minimum atomic E-state index is -3.68. The molecule has 2 atom stereocenters. The number of hydrogen-bond donors (Lipinski definition) is 1. The Hall–Kier alpha value is -2.67. The summed E-state index contributed by atoms with van der Waals surface area (Å²) in [7, 11) is -3.68. The molecule has 5 rings (SSSR count). The fourth-order valence-corrected chi connectivity index (χ4v) is 6.52. The van der Waals surface area contributed by atoms with Crippen molar-refractivity contribution >= 4 is 32.6 Å². The molecule has 0 saturated heterocycles. The zero-order chi connectivity index (χ0) is 20.7. The molecule has 4 aromatic rings. The van der Waals surface area contributed by atoms with Crippen molar-refractivity contribution in [2.24, 2.45) is 0 Å². The normalized spacial score (nSPS) is 18.0. The van der Waals surface area contributed by atoms with E-state index >= 15 is 0 Å². The monoisotopic (exact) mass is 432 g/mol. The Labute approximate surface area is 180 Å². The average Bonchev–Trinajstić information content (AvgIpc) is 3.04. The van der Waals surface area contributed by atoms with Crippen LogP contribution in [0.2, 0.25) is 0 Å². The van der Waals surface area contributed by atoms with Gasteiger partial charge in [-0.15, -0.1) is 0 Å². The summed E-state index contributed by atoms with van der Waals surface area (Å²) in [6, 6.07) is 24.6. The summed E-state index contributed by atoms with van der Waals surface area (Å²) in [4.78, 5) is 4.73. The Bertz CT molecular complexity index is 1320. The van der Waals surface area contributed by atoms with Gasteiger partial charge >= 0.3 is 0 Å². The van der Waals surface area contributed by atoms with Gasteiger partial charge in [-0.25, -0.2) is 18.1 Å². The summed E-state index contributed by atoms with van der Waals surface area (Å²) < 4.78 is 29.5. The fourth-order valence-electron chi connectivity index (χ4n) is 4.00. The highest BCUT2D eigenvalue weighted by Crippen LogP contribution is 2.53. The number of hydrogen-bond acceptors (Lipinski definition) is 4. The van der Waals surface area contributed by atoms with Gasteiger partial charge in [-0.05, 0) is 53.1 Å². The van der Waals surface area contributed by atoms with Gasteiger partial charge in [-0.2, -0.15) is 0 Å². The Morgan fingerprint density at radius 1 is 0.867 bits per heavy atom. The molecule has 0 bridgehead atoms. The van der Waals surface area contributed by atoms with Gasteiger partial charge in [0.25, 0.3) is 0 Å². The summed E-state index contributed by atoms with van der Waals surface area (Å²) in [5.41, 5.74) is 3.16. The molecule has 150 valence electrons. The van der Waals surface area contributed by atoms with Gasteiger partial charge in [0.1, 0.15) is 0 Å². The molecule has 0 amide bonds. The van der Waals surface area contributed by atoms with Crippen LogP contribution in [0.1, 0.15) is 28.0 Å². The average molecular weight is 433 g/mol. The molecule has 30 heavy (non-hydrogen) atoms. The first-order valence-corrected chi connectivity index (χ1v) is 12.1. The van der Waals surface area contributed by atoms with Crippen LogP contribution in [0.4, 0.5) is 0 Å². The van der Waals surface area contributed by atoms with E-state index in [4.69, 9.17) is 0 Å². The number of aryl methyl sites for hydroxylation is 1. The smallest absolute Gasteiger partial charge is 0.241 e. The van der Waals surface area contributed by atoms with E-state index in [0.29, 0.717) is 0 Å². The number of rotatable bonds is 5. The second-order valence-electron chi connectivity index (χ2n) is 7.41. The van der Waals surface area contributed by atoms with Crippen molar-refractivity contribution in [3.8, 4) is 0 Å². The highest BCUT2D eigenvalue weighted by atomic mass is 32.2. The lowest BCUT2D eigenvalue weighted by molar-refractivity contribution is 0.557. The van der Waals surface area contributed by atoms with Crippen LogP contribution >= 0.6 is 11.8 Å². The molecule has 0 radical (unpaired) electrons. The lowest BCUT2D eigenvalue weighted by Gasteiger charge is -2.22. The van der Waals surface area contributed by atoms with Crippen molar-refractivity contribution in [1.82, 2.24) is 9.71 Å². The van der Waals surface area contributed by atoms with Crippen LogP contribution in [-0.4, -0.2) is 13.4 Å². The molecule has 4 nitrogen and oxygen atoms in total. The molecule has 1 aromatic heterocycles. The van der Waals surface area contributed by atoms with E-state index < -0.39 is 10.0 Å². The number of nitrogens with one attached hydrogen (secondary N) is 1. The number of aromatic nitrogens is 1. The van der Waals surface area contributed by atoms with Gasteiger partial charge in [0.2, 0.25) is 10.0 Å². The highest BCUT2D eigenvalue weighted by Gasteiger charge is 2.38. The maximum atomic E-state index is 13.2. The third kappa shape index (κ3) is 3.41. The van der Waals surface area contributed by atoms with Crippen molar-refractivity contribution in [2.75, 3.05) is 0 Å². The summed E-state index contributed by atoms with van der Waals surface area (Å²) in [6.45, 7) is 1.94. The predicted octanol–water partition coefficient (Wildman–Crippen LogP) is 5.41. The van der Waals surface area contributed by atoms with Crippen LogP contribution in [0.25, 0.3) is 10.8 Å². The van der Waals surface area contributed by atoms with Crippen LogP contribution in [0, 0.1) is 6.92 Å². The maximum Gasteiger partial charge on any atom is 0.241 e. The van der Waals surface area contributed by atoms with Gasteiger partial charge in [-0.1, -0.05) is 71.9 Å². The second-order valence-corrected chi connectivity index (χ2v) is 10.3. The molecule has 1 heterocycles. The quantitative estimate of drug-likeness (QED) is 0.458. The number of sulfonamides is 1. The molecule has 0 fully saturated rings. The molecule has 6 heteroatoms. The van der Waals surface area contributed by atoms with Gasteiger partial charge in [-0.3, -0.25) is 0 Å². The molecule has 1 aliphatic rings. The van der Waals surface area contributed by atoms with E-state index in [-0.39, 0.29) is 16.2 Å². The molecule has 0 unspecified atom stereocenters. The Morgan fingerprint density at radius 2 is 1.60 bits per heavy atom. The van der Waals surface area contributed by atoms with E-state index in [1.807, 2.05) is 55.5 Å². The van der Waals surface area contributed by atoms with Crippen LogP contribution in [0.5, 0.6) is 0 Å². The lowest BCUT2D eigenvalue weighted by Crippen LogP contribution is -2.30. The minimum Gasteiger partial charge on any atom is -0.250 e. The maximum absolute atomic E-state index is 13.2. The predicted molar refractivity (Wildman–Crippen MR) is 121 cm³/mol. The van der Waals surface area contributed by atoms with Crippen molar-refractivity contribution < 1.29 is 8.42 Å². The molecule has 0 aliphatic heterocycles. The molecular formula is C24H20N2O2S2. The lowest BCUT2D eigenvalue weighted by atomic mass is 10.1. The largest absolute Gasteiger partial charge is 0.250 e. The third-order valence-corrected chi connectivity index (χ3v) is 8.13. The first-order chi connectivity index (χ1) is 14.5. The summed E-state index contributed by atoms with van der Waals surface area (Å²) in [5, 5.41) is 3.01. The van der Waals surface area contributed by atoms with Crippen LogP contribution in [-0.2, 0) is 10.0 Å². The molecular weight excluding hydrogens is 412 g/mol. The van der Waals surface area contributed by atoms with Crippen LogP contribution in [0.15, 0.2) is 95.0 Å². The van der Waals surface area contributed by atoms with E-state index in [1.165, 1.54) is 0 Å². The standard InChI is InChI=1S/C24H20N2O2S2/c1-16-11-13-18(14-12-16)30(27,28)26-23-19-8-4-6-17-7-5-9-20(22(17)19)24(23)29-21-10-2-3-15-25-21/h2-15,23-24,26H,1H3/t23-,24+/m1/s1. The second kappa shape index (κ2) is 7.54. The summed E-state index contributed by atoms with van der Waals surface area (Å²) in [5.74, 6) is 0. The topological polar surface area (TPSA) is 59.1 Å². The third-order valence-electron chi connectivity index (χ3n) is 5.41. The molecule has 0 saturated carbocycles. The summed E-state index contributed by atoms with van der Waals surface area (Å²) in [6.07, 6.45) is 1.76. The Kier molecular flexibility index (Phi) is 4.85. The number of benzene rings is 3. The Morgan fingerprint density at radius 3 is 2.30 bits per heavy atom. The van der Waals surface area contributed by atoms with E-state index in [9.17, 15) is 8.42 Å². The zero-order valence-electron chi connectivity index (χ0n) is 16.3. The number of pyridine rings is 1. The van der Waals surface area contributed by atoms with Crippen molar-refractivity contribution in [3.05, 3.63) is 102 Å². The highest BCUT2D eigenvalue weighted by molar-refractivity contribution is 7.99. The SMILES string of the molecule is Cc1ccc(S(=O)(=O)N[C@@H]2c3cccc4cccc(c34)[C@@H]2Sc2ccccn2)cc1. The molecule has 0 spiro atoms.